The number of ether oxygens (including phenoxy) is 2. The molecule has 2 fully saturated rings. The number of hydrogen-bond donors (Lipinski definition) is 3. The molecule has 16 heteroatoms. The maximum atomic E-state index is 12.3. The number of carbonyl (C=O) groups excluding carboxylic acids is 1. The molecule has 1 aliphatic carbocycles. The van der Waals surface area contributed by atoms with Gasteiger partial charge in [-0.15, -0.1) is 13.2 Å². The number of nitrogens with zero attached hydrogens (tertiary/aromatic N) is 4. The van der Waals surface area contributed by atoms with E-state index in [0.29, 0.717) is 34.4 Å². The molecule has 0 radical (unpaired) electrons. The fraction of sp³-hybridized carbons (Fsp3) is 0.474. The molecule has 4 heterocycles. The number of alkyl halides is 3. The Morgan fingerprint density at radius 1 is 1.40 bits per heavy atom. The molecule has 1 atom stereocenters. The number of anilines is 2. The second kappa shape index (κ2) is 10.4. The van der Waals surface area contributed by atoms with Gasteiger partial charge in [0.25, 0.3) is 0 Å². The monoisotopic (exact) mass is 621 g/mol. The van der Waals surface area contributed by atoms with Crippen LogP contribution in [-0.2, 0) is 20.3 Å². The average molecular weight is 622 g/mol. The summed E-state index contributed by atoms with van der Waals surface area (Å²) in [7, 11) is 1.28. The quantitative estimate of drug-likeness (QED) is 0.242. The summed E-state index contributed by atoms with van der Waals surface area (Å²) in [5, 5.41) is 13.0. The molecule has 0 aromatic carbocycles. The number of imidazole rings is 1. The molecule has 0 unspecified atom stereocenters. The molecule has 1 amide bonds. The number of H-pyrrole nitrogens is 1. The van der Waals surface area contributed by atoms with Crippen molar-refractivity contribution in [3.05, 3.63) is 35.9 Å². The van der Waals surface area contributed by atoms with Gasteiger partial charge in [0, 0.05) is 0 Å². The van der Waals surface area contributed by atoms with E-state index in [9.17, 15) is 18.0 Å². The maximum absolute atomic E-state index is 12.3. The van der Waals surface area contributed by atoms with Crippen LogP contribution < -0.4 is 10.6 Å². The Hall–Kier alpha value is -2.22. The molecule has 3 aromatic rings. The van der Waals surface area contributed by atoms with Crippen LogP contribution in [0.15, 0.2) is 24.5 Å². The van der Waals surface area contributed by atoms with E-state index in [4.69, 9.17) is 8.92 Å². The van der Waals surface area contributed by atoms with Gasteiger partial charge in [-0.1, -0.05) is 0 Å². The molecule has 0 spiro atoms. The number of rotatable bonds is 9. The number of halogens is 3. The number of fused-ring (bicyclic) bond motifs is 1. The van der Waals surface area contributed by atoms with Crippen LogP contribution in [0.25, 0.3) is 5.65 Å². The van der Waals surface area contributed by atoms with Crippen LogP contribution in [-0.4, -0.2) is 66.9 Å². The minimum atomic E-state index is -4.74. The van der Waals surface area contributed by atoms with Gasteiger partial charge >= 0.3 is 194 Å². The van der Waals surface area contributed by atoms with E-state index < -0.39 is 37.9 Å². The molecule has 188 valence electrons. The van der Waals surface area contributed by atoms with Crippen LogP contribution in [0.3, 0.4) is 0 Å². The molecule has 11 nitrogen and oxygen atoms in total. The van der Waals surface area contributed by atoms with E-state index in [2.05, 4.69) is 35.5 Å². The van der Waals surface area contributed by atoms with Gasteiger partial charge in [-0.05, 0) is 0 Å². The molecule has 2 aliphatic rings. The fourth-order valence-electron chi connectivity index (χ4n) is 3.34. The van der Waals surface area contributed by atoms with E-state index in [1.807, 2.05) is 0 Å². The van der Waals surface area contributed by atoms with Gasteiger partial charge in [0.05, 0.1) is 0 Å². The minimum absolute atomic E-state index is 0.110. The Kier molecular flexibility index (Phi) is 7.28. The van der Waals surface area contributed by atoms with Gasteiger partial charge in [0.1, 0.15) is 0 Å². The fourth-order valence-corrected chi connectivity index (χ4v) is 10.6. The molecule has 1 saturated heterocycles. The van der Waals surface area contributed by atoms with Gasteiger partial charge in [0.2, 0.25) is 0 Å². The van der Waals surface area contributed by atoms with E-state index in [-0.39, 0.29) is 11.8 Å². The predicted molar refractivity (Wildman–Crippen MR) is 120 cm³/mol. The van der Waals surface area contributed by atoms with Crippen LogP contribution in [0.5, 0.6) is 0 Å². The summed E-state index contributed by atoms with van der Waals surface area (Å²) in [5.74, 6) is 1.39. The first-order valence-electron chi connectivity index (χ1n) is 10.7. The van der Waals surface area contributed by atoms with Crippen LogP contribution in [0.2, 0.25) is 4.37 Å². The normalized spacial score (nSPS) is 18.8. The van der Waals surface area contributed by atoms with Gasteiger partial charge in [-0.2, -0.15) is 0 Å². The number of aromatic amines is 1. The number of hydrogen-bond acceptors (Lipinski definition) is 9. The van der Waals surface area contributed by atoms with Crippen molar-refractivity contribution in [3.8, 4) is 0 Å². The summed E-state index contributed by atoms with van der Waals surface area (Å²) in [6.45, 7) is -0.0314. The van der Waals surface area contributed by atoms with Gasteiger partial charge < -0.3 is 0 Å². The Morgan fingerprint density at radius 2 is 2.26 bits per heavy atom. The van der Waals surface area contributed by atoms with Crippen molar-refractivity contribution in [1.29, 1.82) is 0 Å². The van der Waals surface area contributed by atoms with Gasteiger partial charge in [-0.3, -0.25) is 0 Å². The molecule has 5 rings (SSSR count). The van der Waals surface area contributed by atoms with E-state index in [0.717, 1.165) is 22.9 Å². The number of carbonyl (C=O) groups is 1. The average Bonchev–Trinajstić information content (AvgIpc) is 3.19. The molecule has 35 heavy (non-hydrogen) atoms. The molecule has 1 aliphatic heterocycles. The molecule has 3 N–H and O–H groups in total. The van der Waals surface area contributed by atoms with Crippen molar-refractivity contribution in [2.45, 2.75) is 36.3 Å². The summed E-state index contributed by atoms with van der Waals surface area (Å²) in [6.07, 6.45) is -0.0701. The van der Waals surface area contributed by atoms with E-state index in [1.54, 1.807) is 12.1 Å². The number of nitrogens with one attached hydrogen (secondary N) is 3. The zero-order chi connectivity index (χ0) is 24.4. The third kappa shape index (κ3) is 6.72. The van der Waals surface area contributed by atoms with Crippen LogP contribution in [0, 0.1) is 5.92 Å². The van der Waals surface area contributed by atoms with Gasteiger partial charge in [0.15, 0.2) is 0 Å². The third-order valence-electron chi connectivity index (χ3n) is 5.24. The second-order valence-corrected chi connectivity index (χ2v) is 17.6. The zero-order valence-corrected chi connectivity index (χ0v) is 21.5. The summed E-state index contributed by atoms with van der Waals surface area (Å²) in [6, 6.07) is 3.36. The first kappa shape index (κ1) is 24.5. The molecular formula is C19H21F3N7O4SSb. The SMILES string of the molecule is O=C(NCC1CC1)O[S][Sb]1[CH2]O[C@H](c2cc(Nc3nccc4nc(COC(F)(F)F)cn34)n[nH]2)[CH2]1. The summed E-state index contributed by atoms with van der Waals surface area (Å²) in [5.41, 5.74) is 1.29. The standard InChI is InChI=1S/C14H13F3N6O2.C5H9NO2S.Sb/c1-8(24-2)10-5-11(22-21-10)20-13-18-4-3-12-19-9(6-23(12)13)7-25-14(15,16)17;7-5(8-9)6-3-4-1-2-4;/h3-6,8H,1-2,7H2,(H2,18,20,21,22);4,9H,1-3H2,(H,6,7);/q;;+1/p-1/t8-;;/m0../s1. The number of aromatic nitrogens is 5. The molecular weight excluding hydrogens is 601 g/mol. The Bertz CT molecular complexity index is 1190. The van der Waals surface area contributed by atoms with Crippen molar-refractivity contribution < 1.29 is 31.6 Å². The zero-order valence-electron chi connectivity index (χ0n) is 18.1. The van der Waals surface area contributed by atoms with E-state index in [1.165, 1.54) is 25.9 Å². The second-order valence-electron chi connectivity index (χ2n) is 8.02. The van der Waals surface area contributed by atoms with Gasteiger partial charge in [-0.25, -0.2) is 0 Å². The van der Waals surface area contributed by atoms with Crippen molar-refractivity contribution in [1.82, 2.24) is 29.9 Å². The summed E-state index contributed by atoms with van der Waals surface area (Å²) in [4.78, 5) is 20.1. The van der Waals surface area contributed by atoms with Crippen LogP contribution in [0.1, 0.15) is 30.3 Å². The third-order valence-corrected chi connectivity index (χ3v) is 13.2. The van der Waals surface area contributed by atoms with Crippen molar-refractivity contribution in [3.63, 3.8) is 0 Å². The van der Waals surface area contributed by atoms with Crippen LogP contribution in [0.4, 0.5) is 29.7 Å². The predicted octanol–water partition coefficient (Wildman–Crippen LogP) is 3.62. The number of amides is 1. The van der Waals surface area contributed by atoms with Crippen molar-refractivity contribution >= 4 is 51.4 Å². The first-order chi connectivity index (χ1) is 16.8. The summed E-state index contributed by atoms with van der Waals surface area (Å²) >= 11 is -1.95. The molecule has 1 saturated carbocycles. The molecule has 3 aromatic heterocycles. The topological polar surface area (TPSA) is 128 Å². The van der Waals surface area contributed by atoms with Crippen molar-refractivity contribution in [2.75, 3.05) is 16.4 Å². The Morgan fingerprint density at radius 3 is 3.06 bits per heavy atom. The molecule has 0 bridgehead atoms. The van der Waals surface area contributed by atoms with Crippen molar-refractivity contribution in [2.24, 2.45) is 5.92 Å². The summed E-state index contributed by atoms with van der Waals surface area (Å²) < 4.78 is 55.0. The Labute approximate surface area is 207 Å². The first-order valence-corrected chi connectivity index (χ1v) is 18.1. The Balaban J connectivity index is 1.15. The van der Waals surface area contributed by atoms with E-state index >= 15 is 0 Å². The van der Waals surface area contributed by atoms with Crippen LogP contribution >= 0.6 is 9.13 Å².